The molecule has 1 aromatic carbocycles. The van der Waals surface area contributed by atoms with Crippen LogP contribution in [-0.2, 0) is 0 Å². The third kappa shape index (κ3) is 2.96. The maximum atomic E-state index is 11.5. The quantitative estimate of drug-likeness (QED) is 0.641. The molecule has 0 aliphatic heterocycles. The molecule has 1 fully saturated rings. The molecule has 0 spiro atoms. The van der Waals surface area contributed by atoms with Crippen LogP contribution in [0.1, 0.15) is 43.0 Å². The smallest absolute Gasteiger partial charge is 0.161 e. The highest BCUT2D eigenvalue weighted by atomic mass is 16.1. The van der Waals surface area contributed by atoms with Crippen molar-refractivity contribution in [3.63, 3.8) is 0 Å². The first kappa shape index (κ1) is 14.9. The van der Waals surface area contributed by atoms with Crippen molar-refractivity contribution in [2.24, 2.45) is 0 Å². The molecule has 1 aromatic rings. The van der Waals surface area contributed by atoms with Crippen molar-refractivity contribution in [2.75, 3.05) is 31.7 Å². The van der Waals surface area contributed by atoms with E-state index >= 15 is 0 Å². The van der Waals surface area contributed by atoms with Gasteiger partial charge < -0.3 is 16.0 Å². The number of nitrogens with zero attached hydrogens (tertiary/aromatic N) is 1. The number of ketones is 1. The number of benzene rings is 1. The Kier molecular flexibility index (Phi) is 4.33. The molecule has 0 atom stereocenters. The Labute approximate surface area is 121 Å². The molecule has 1 aliphatic carbocycles. The van der Waals surface area contributed by atoms with Crippen molar-refractivity contribution in [2.45, 2.75) is 38.1 Å². The van der Waals surface area contributed by atoms with Crippen LogP contribution in [0.5, 0.6) is 0 Å². The second-order valence-electron chi connectivity index (χ2n) is 6.04. The molecule has 1 aliphatic rings. The van der Waals surface area contributed by atoms with E-state index in [1.807, 2.05) is 12.1 Å². The SMILES string of the molecule is CC(=O)c1cc(NCC2(N(C)C)CCCC2)ccc1N. The number of carbonyl (C=O) groups excluding carboxylic acids is 1. The van der Waals surface area contributed by atoms with Gasteiger partial charge in [-0.2, -0.15) is 0 Å². The van der Waals surface area contributed by atoms with Crippen LogP contribution in [0.25, 0.3) is 0 Å². The first-order valence-corrected chi connectivity index (χ1v) is 7.26. The molecular weight excluding hydrogens is 250 g/mol. The van der Waals surface area contributed by atoms with Crippen molar-refractivity contribution in [1.29, 1.82) is 0 Å². The summed E-state index contributed by atoms with van der Waals surface area (Å²) in [7, 11) is 4.30. The average Bonchev–Trinajstić information content (AvgIpc) is 2.87. The van der Waals surface area contributed by atoms with E-state index < -0.39 is 0 Å². The van der Waals surface area contributed by atoms with Gasteiger partial charge in [-0.3, -0.25) is 4.79 Å². The second-order valence-corrected chi connectivity index (χ2v) is 6.04. The summed E-state index contributed by atoms with van der Waals surface area (Å²) in [6.07, 6.45) is 5.03. The molecule has 110 valence electrons. The summed E-state index contributed by atoms with van der Waals surface area (Å²) in [6, 6.07) is 5.60. The van der Waals surface area contributed by atoms with Gasteiger partial charge in [0.2, 0.25) is 0 Å². The van der Waals surface area contributed by atoms with Crippen LogP contribution in [0.2, 0.25) is 0 Å². The highest BCUT2D eigenvalue weighted by Crippen LogP contribution is 2.34. The van der Waals surface area contributed by atoms with Gasteiger partial charge in [0.25, 0.3) is 0 Å². The summed E-state index contributed by atoms with van der Waals surface area (Å²) in [5.41, 5.74) is 8.17. The van der Waals surface area contributed by atoms with Crippen LogP contribution >= 0.6 is 0 Å². The molecule has 0 bridgehead atoms. The minimum Gasteiger partial charge on any atom is -0.398 e. The number of anilines is 2. The molecule has 4 nitrogen and oxygen atoms in total. The van der Waals surface area contributed by atoms with E-state index in [0.717, 1.165) is 12.2 Å². The fourth-order valence-electron chi connectivity index (χ4n) is 3.05. The lowest BCUT2D eigenvalue weighted by atomic mass is 9.96. The van der Waals surface area contributed by atoms with Gasteiger partial charge in [0.15, 0.2) is 5.78 Å². The van der Waals surface area contributed by atoms with Crippen LogP contribution in [0.15, 0.2) is 18.2 Å². The summed E-state index contributed by atoms with van der Waals surface area (Å²) in [4.78, 5) is 13.9. The Morgan fingerprint density at radius 3 is 2.55 bits per heavy atom. The van der Waals surface area contributed by atoms with Gasteiger partial charge in [-0.15, -0.1) is 0 Å². The van der Waals surface area contributed by atoms with Crippen molar-refractivity contribution in [3.8, 4) is 0 Å². The molecule has 0 amide bonds. The minimum atomic E-state index is 0.00865. The monoisotopic (exact) mass is 275 g/mol. The molecular formula is C16H25N3O. The van der Waals surface area contributed by atoms with Gasteiger partial charge in [-0.1, -0.05) is 12.8 Å². The zero-order valence-electron chi connectivity index (χ0n) is 12.7. The zero-order valence-corrected chi connectivity index (χ0v) is 12.7. The lowest BCUT2D eigenvalue weighted by molar-refractivity contribution is 0.101. The highest BCUT2D eigenvalue weighted by Gasteiger charge is 2.35. The fourth-order valence-corrected chi connectivity index (χ4v) is 3.05. The van der Waals surface area contributed by atoms with Crippen molar-refractivity contribution in [1.82, 2.24) is 4.90 Å². The molecule has 0 radical (unpaired) electrons. The van der Waals surface area contributed by atoms with E-state index in [0.29, 0.717) is 11.3 Å². The minimum absolute atomic E-state index is 0.00865. The predicted octanol–water partition coefficient (Wildman–Crippen LogP) is 2.76. The summed E-state index contributed by atoms with van der Waals surface area (Å²) in [5, 5.41) is 3.48. The van der Waals surface area contributed by atoms with E-state index in [2.05, 4.69) is 24.3 Å². The number of nitrogens with one attached hydrogen (secondary N) is 1. The van der Waals surface area contributed by atoms with Gasteiger partial charge in [0, 0.05) is 29.0 Å². The molecule has 2 rings (SSSR count). The number of nitrogens with two attached hydrogens (primary N) is 1. The highest BCUT2D eigenvalue weighted by molar-refractivity contribution is 6.00. The van der Waals surface area contributed by atoms with Gasteiger partial charge in [0.1, 0.15) is 0 Å². The first-order chi connectivity index (χ1) is 9.44. The summed E-state index contributed by atoms with van der Waals surface area (Å²) >= 11 is 0. The molecule has 0 saturated heterocycles. The Hall–Kier alpha value is -1.55. The summed E-state index contributed by atoms with van der Waals surface area (Å²) in [6.45, 7) is 2.45. The van der Waals surface area contributed by atoms with E-state index in [4.69, 9.17) is 5.73 Å². The molecule has 4 heteroatoms. The number of rotatable bonds is 5. The maximum Gasteiger partial charge on any atom is 0.161 e. The van der Waals surface area contributed by atoms with Crippen LogP contribution in [-0.4, -0.2) is 36.9 Å². The average molecular weight is 275 g/mol. The zero-order chi connectivity index (χ0) is 14.8. The number of hydrogen-bond donors (Lipinski definition) is 2. The molecule has 0 aromatic heterocycles. The van der Waals surface area contributed by atoms with Gasteiger partial charge in [-0.25, -0.2) is 0 Å². The topological polar surface area (TPSA) is 58.4 Å². The predicted molar refractivity (Wildman–Crippen MR) is 84.2 cm³/mol. The fraction of sp³-hybridized carbons (Fsp3) is 0.562. The molecule has 3 N–H and O–H groups in total. The number of nitrogen functional groups attached to an aromatic ring is 1. The second kappa shape index (κ2) is 5.83. The first-order valence-electron chi connectivity index (χ1n) is 7.26. The molecule has 1 saturated carbocycles. The normalized spacial score (nSPS) is 17.4. The summed E-state index contributed by atoms with van der Waals surface area (Å²) < 4.78 is 0. The third-order valence-electron chi connectivity index (χ3n) is 4.54. The Bertz CT molecular complexity index is 490. The van der Waals surface area contributed by atoms with Crippen LogP contribution in [0.3, 0.4) is 0 Å². The Morgan fingerprint density at radius 2 is 2.00 bits per heavy atom. The van der Waals surface area contributed by atoms with Gasteiger partial charge in [-0.05, 0) is 52.1 Å². The van der Waals surface area contributed by atoms with Gasteiger partial charge in [0.05, 0.1) is 0 Å². The number of likely N-dealkylation sites (N-methyl/N-ethyl adjacent to an activating group) is 1. The molecule has 0 heterocycles. The van der Waals surface area contributed by atoms with E-state index in [-0.39, 0.29) is 11.3 Å². The number of hydrogen-bond acceptors (Lipinski definition) is 4. The Balaban J connectivity index is 2.10. The maximum absolute atomic E-state index is 11.5. The van der Waals surface area contributed by atoms with Gasteiger partial charge >= 0.3 is 0 Å². The van der Waals surface area contributed by atoms with Crippen molar-refractivity contribution >= 4 is 17.2 Å². The molecule has 20 heavy (non-hydrogen) atoms. The molecule has 0 unspecified atom stereocenters. The Morgan fingerprint density at radius 1 is 1.35 bits per heavy atom. The third-order valence-corrected chi connectivity index (χ3v) is 4.54. The lowest BCUT2D eigenvalue weighted by Gasteiger charge is -2.36. The van der Waals surface area contributed by atoms with Crippen LogP contribution < -0.4 is 11.1 Å². The van der Waals surface area contributed by atoms with E-state index in [1.165, 1.54) is 25.7 Å². The number of Topliss-reactive ketones (excluding diaryl/α,β-unsaturated/α-hetero) is 1. The van der Waals surface area contributed by atoms with Crippen molar-refractivity contribution in [3.05, 3.63) is 23.8 Å². The van der Waals surface area contributed by atoms with Crippen LogP contribution in [0, 0.1) is 0 Å². The largest absolute Gasteiger partial charge is 0.398 e. The van der Waals surface area contributed by atoms with Crippen molar-refractivity contribution < 1.29 is 4.79 Å². The summed E-state index contributed by atoms with van der Waals surface area (Å²) in [5.74, 6) is 0.00865. The van der Waals surface area contributed by atoms with Crippen LogP contribution in [0.4, 0.5) is 11.4 Å². The number of carbonyl (C=O) groups is 1. The van der Waals surface area contributed by atoms with E-state index in [9.17, 15) is 4.79 Å². The lowest BCUT2D eigenvalue weighted by Crippen LogP contribution is -2.47. The van der Waals surface area contributed by atoms with E-state index in [1.54, 1.807) is 13.0 Å². The standard InChI is InChI=1S/C16H25N3O/c1-12(20)14-10-13(6-7-15(14)17)18-11-16(19(2)3)8-4-5-9-16/h6-7,10,18H,4-5,8-9,11,17H2,1-3H3.